The van der Waals surface area contributed by atoms with Gasteiger partial charge in [-0.25, -0.2) is 9.59 Å². The summed E-state index contributed by atoms with van der Waals surface area (Å²) >= 11 is 0. The number of hydrogen-bond donors (Lipinski definition) is 2. The van der Waals surface area contributed by atoms with Gasteiger partial charge in [0.05, 0.1) is 12.1 Å². The van der Waals surface area contributed by atoms with Gasteiger partial charge >= 0.3 is 12.1 Å². The lowest BCUT2D eigenvalue weighted by Gasteiger charge is -2.15. The highest BCUT2D eigenvalue weighted by Gasteiger charge is 2.31. The fourth-order valence-corrected chi connectivity index (χ4v) is 2.20. The van der Waals surface area contributed by atoms with Gasteiger partial charge in [0.25, 0.3) is 0 Å². The third-order valence-corrected chi connectivity index (χ3v) is 3.36. The van der Waals surface area contributed by atoms with E-state index in [0.717, 1.165) is 5.56 Å². The number of alkyl carbamates (subject to hydrolysis) is 1. The maximum absolute atomic E-state index is 11.4. The van der Waals surface area contributed by atoms with Crippen LogP contribution in [0.15, 0.2) is 30.9 Å². The summed E-state index contributed by atoms with van der Waals surface area (Å²) in [5.74, 6) is -0.336. The molecule has 1 heterocycles. The number of rotatable bonds is 5. The molecule has 0 unspecified atom stereocenters. The second-order valence-electron chi connectivity index (χ2n) is 4.77. The summed E-state index contributed by atoms with van der Waals surface area (Å²) in [5.41, 5.74) is 1.06. The van der Waals surface area contributed by atoms with E-state index in [4.69, 9.17) is 14.6 Å². The molecule has 1 aliphatic heterocycles. The van der Waals surface area contributed by atoms with Crippen molar-refractivity contribution in [1.82, 2.24) is 5.32 Å². The summed E-state index contributed by atoms with van der Waals surface area (Å²) in [6.45, 7) is 5.82. The van der Waals surface area contributed by atoms with E-state index in [0.29, 0.717) is 5.75 Å². The monoisotopic (exact) mass is 291 g/mol. The molecular weight excluding hydrogens is 274 g/mol. The van der Waals surface area contributed by atoms with Crippen molar-refractivity contribution in [3.63, 3.8) is 0 Å². The van der Waals surface area contributed by atoms with Crippen molar-refractivity contribution in [2.24, 2.45) is 0 Å². The van der Waals surface area contributed by atoms with Crippen LogP contribution in [0.25, 0.3) is 0 Å². The number of fused-ring (bicyclic) bond motifs is 1. The van der Waals surface area contributed by atoms with Gasteiger partial charge in [0, 0.05) is 11.5 Å². The summed E-state index contributed by atoms with van der Waals surface area (Å²) in [5, 5.41) is 11.6. The molecule has 0 radical (unpaired) electrons. The molecule has 1 aromatic carbocycles. The van der Waals surface area contributed by atoms with E-state index in [1.807, 2.05) is 6.92 Å². The summed E-state index contributed by atoms with van der Waals surface area (Å²) in [7, 11) is 0. The van der Waals surface area contributed by atoms with Crippen molar-refractivity contribution in [3.8, 4) is 5.75 Å². The van der Waals surface area contributed by atoms with Gasteiger partial charge in [-0.3, -0.25) is 0 Å². The third kappa shape index (κ3) is 3.34. The smallest absolute Gasteiger partial charge is 0.407 e. The van der Waals surface area contributed by atoms with E-state index in [2.05, 4.69) is 11.9 Å². The molecule has 0 saturated heterocycles. The Bertz CT molecular complexity index is 569. The Morgan fingerprint density at radius 3 is 2.95 bits per heavy atom. The molecule has 21 heavy (non-hydrogen) atoms. The number of carboxylic acids is 1. The zero-order valence-electron chi connectivity index (χ0n) is 11.7. The summed E-state index contributed by atoms with van der Waals surface area (Å²) < 4.78 is 10.5. The molecule has 0 bridgehead atoms. The number of carboxylic acid groups (broad SMARTS) is 1. The van der Waals surface area contributed by atoms with E-state index in [9.17, 15) is 9.59 Å². The van der Waals surface area contributed by atoms with Gasteiger partial charge in [-0.15, -0.1) is 0 Å². The lowest BCUT2D eigenvalue weighted by molar-refractivity contribution is 0.0696. The highest BCUT2D eigenvalue weighted by molar-refractivity contribution is 5.88. The largest absolute Gasteiger partial charge is 0.488 e. The van der Waals surface area contributed by atoms with Crippen molar-refractivity contribution in [3.05, 3.63) is 42.0 Å². The minimum atomic E-state index is -0.973. The number of hydrogen-bond acceptors (Lipinski definition) is 4. The van der Waals surface area contributed by atoms with Gasteiger partial charge in [-0.05, 0) is 18.2 Å². The molecule has 2 atom stereocenters. The summed E-state index contributed by atoms with van der Waals surface area (Å²) in [6, 6.07) is 4.76. The normalized spacial score (nSPS) is 19.3. The van der Waals surface area contributed by atoms with Crippen LogP contribution >= 0.6 is 0 Å². The quantitative estimate of drug-likeness (QED) is 0.812. The van der Waals surface area contributed by atoms with Crippen LogP contribution in [0, 0.1) is 0 Å². The fraction of sp³-hybridized carbons (Fsp3) is 0.333. The van der Waals surface area contributed by atoms with Crippen LogP contribution < -0.4 is 10.1 Å². The first-order valence-electron chi connectivity index (χ1n) is 6.58. The highest BCUT2D eigenvalue weighted by atomic mass is 16.5. The van der Waals surface area contributed by atoms with Crippen LogP contribution in [0.3, 0.4) is 0 Å². The van der Waals surface area contributed by atoms with Crippen LogP contribution in [0.2, 0.25) is 0 Å². The number of carbonyl (C=O) groups is 2. The van der Waals surface area contributed by atoms with Crippen LogP contribution in [0.5, 0.6) is 5.75 Å². The molecule has 1 amide bonds. The average molecular weight is 291 g/mol. The van der Waals surface area contributed by atoms with Gasteiger partial charge in [0.15, 0.2) is 0 Å². The topological polar surface area (TPSA) is 84.9 Å². The lowest BCUT2D eigenvalue weighted by Crippen LogP contribution is -2.36. The van der Waals surface area contributed by atoms with Gasteiger partial charge in [-0.1, -0.05) is 19.6 Å². The summed E-state index contributed by atoms with van der Waals surface area (Å²) in [6.07, 6.45) is 0.700. The molecule has 0 aliphatic carbocycles. The van der Waals surface area contributed by atoms with E-state index >= 15 is 0 Å². The molecule has 1 aromatic rings. The van der Waals surface area contributed by atoms with Crippen LogP contribution in [0.4, 0.5) is 4.79 Å². The minimum absolute atomic E-state index is 0.0148. The Balaban J connectivity index is 1.98. The molecule has 0 saturated carbocycles. The first kappa shape index (κ1) is 14.9. The first-order chi connectivity index (χ1) is 10.0. The Morgan fingerprint density at radius 2 is 2.29 bits per heavy atom. The zero-order valence-corrected chi connectivity index (χ0v) is 11.7. The van der Waals surface area contributed by atoms with E-state index in [1.54, 1.807) is 12.1 Å². The first-order valence-corrected chi connectivity index (χ1v) is 6.58. The molecule has 1 aliphatic rings. The second-order valence-corrected chi connectivity index (χ2v) is 4.77. The number of ether oxygens (including phenoxy) is 2. The number of carbonyl (C=O) groups excluding carboxylic acids is 1. The number of nitrogens with one attached hydrogen (secondary N) is 1. The Kier molecular flexibility index (Phi) is 4.47. The van der Waals surface area contributed by atoms with Crippen molar-refractivity contribution >= 4 is 12.1 Å². The van der Waals surface area contributed by atoms with Crippen molar-refractivity contribution in [2.45, 2.75) is 18.9 Å². The predicted octanol–water partition coefficient (Wildman–Crippen LogP) is 2.16. The van der Waals surface area contributed by atoms with Crippen molar-refractivity contribution in [1.29, 1.82) is 0 Å². The number of benzene rings is 1. The average Bonchev–Trinajstić information content (AvgIpc) is 2.79. The number of amides is 1. The fourth-order valence-electron chi connectivity index (χ4n) is 2.20. The molecular formula is C15H17NO5. The molecule has 6 nitrogen and oxygen atoms in total. The van der Waals surface area contributed by atoms with Crippen molar-refractivity contribution in [2.75, 3.05) is 13.2 Å². The molecule has 0 aromatic heterocycles. The standard InChI is InChI=1S/C15H17NO5/c1-3-6-20-15(19)16-8-13-9(2)11-7-10(14(17)18)4-5-12(11)21-13/h3-5,7,9,13H,1,6,8H2,2H3,(H,16,19)(H,17,18)/t9-,13-/m0/s1. The molecule has 0 fully saturated rings. The van der Waals surface area contributed by atoms with Crippen LogP contribution in [-0.4, -0.2) is 36.4 Å². The lowest BCUT2D eigenvalue weighted by atomic mass is 9.96. The SMILES string of the molecule is C=CCOC(=O)NC[C@@H]1Oc2ccc(C(=O)O)cc2[C@@H]1C. The minimum Gasteiger partial charge on any atom is -0.488 e. The highest BCUT2D eigenvalue weighted by Crippen LogP contribution is 2.38. The maximum atomic E-state index is 11.4. The third-order valence-electron chi connectivity index (χ3n) is 3.36. The Morgan fingerprint density at radius 1 is 1.52 bits per heavy atom. The maximum Gasteiger partial charge on any atom is 0.407 e. The van der Waals surface area contributed by atoms with Gasteiger partial charge in [-0.2, -0.15) is 0 Å². The van der Waals surface area contributed by atoms with Crippen LogP contribution in [-0.2, 0) is 4.74 Å². The van der Waals surface area contributed by atoms with E-state index < -0.39 is 12.1 Å². The van der Waals surface area contributed by atoms with Crippen molar-refractivity contribution < 1.29 is 24.2 Å². The van der Waals surface area contributed by atoms with Crippen LogP contribution in [0.1, 0.15) is 28.8 Å². The van der Waals surface area contributed by atoms with Gasteiger partial charge in [0.2, 0.25) is 0 Å². The molecule has 112 valence electrons. The molecule has 0 spiro atoms. The Labute approximate surface area is 122 Å². The zero-order chi connectivity index (χ0) is 15.4. The molecule has 2 N–H and O–H groups in total. The van der Waals surface area contributed by atoms with E-state index in [1.165, 1.54) is 12.1 Å². The predicted molar refractivity (Wildman–Crippen MR) is 75.8 cm³/mol. The summed E-state index contributed by atoms with van der Waals surface area (Å²) in [4.78, 5) is 22.3. The van der Waals surface area contributed by atoms with Gasteiger partial charge < -0.3 is 19.9 Å². The van der Waals surface area contributed by atoms with Gasteiger partial charge in [0.1, 0.15) is 18.5 Å². The molecule has 2 rings (SSSR count). The second kappa shape index (κ2) is 6.30. The number of aromatic carboxylic acids is 1. The molecule has 6 heteroatoms. The Hall–Kier alpha value is -2.50. The van der Waals surface area contributed by atoms with E-state index in [-0.39, 0.29) is 30.7 Å².